The third-order valence-electron chi connectivity index (χ3n) is 7.86. The Labute approximate surface area is 270 Å². The highest BCUT2D eigenvalue weighted by Gasteiger charge is 2.35. The van der Waals surface area contributed by atoms with Crippen LogP contribution in [0, 0.1) is 13.8 Å². The number of carbonyl (C=O) groups excluding carboxylic acids is 1. The normalized spacial score (nSPS) is 14.5. The predicted molar refractivity (Wildman–Crippen MR) is 183 cm³/mol. The van der Waals surface area contributed by atoms with Crippen LogP contribution in [0.4, 0.5) is 11.6 Å². The minimum Gasteiger partial charge on any atom is -0.493 e. The monoisotopic (exact) mass is 625 g/mol. The first-order chi connectivity index (χ1) is 21.5. The number of thioether (sulfide) groups is 1. The van der Waals surface area contributed by atoms with Gasteiger partial charge in [-0.1, -0.05) is 87.5 Å². The van der Waals surface area contributed by atoms with Gasteiger partial charge < -0.3 is 20.1 Å². The van der Waals surface area contributed by atoms with Gasteiger partial charge in [-0.05, 0) is 73.1 Å². The first-order valence-electron chi connectivity index (χ1n) is 15.3. The van der Waals surface area contributed by atoms with Gasteiger partial charge in [0.1, 0.15) is 12.6 Å². The van der Waals surface area contributed by atoms with E-state index >= 15 is 0 Å². The number of nitrogens with zero attached hydrogens (tertiary/aromatic N) is 3. The number of hydrogen-bond acceptors (Lipinski definition) is 7. The van der Waals surface area contributed by atoms with Crippen molar-refractivity contribution >= 4 is 29.3 Å². The zero-order chi connectivity index (χ0) is 32.3. The van der Waals surface area contributed by atoms with Crippen molar-refractivity contribution in [3.63, 3.8) is 0 Å². The maximum absolute atomic E-state index is 14.0. The van der Waals surface area contributed by atoms with Gasteiger partial charge in [-0.15, -0.1) is 5.10 Å². The van der Waals surface area contributed by atoms with E-state index in [2.05, 4.69) is 68.7 Å². The first-order valence-corrected chi connectivity index (χ1v) is 16.3. The van der Waals surface area contributed by atoms with E-state index in [4.69, 9.17) is 19.6 Å². The maximum Gasteiger partial charge on any atom is 0.255 e. The lowest BCUT2D eigenvalue weighted by atomic mass is 9.87. The number of anilines is 2. The summed E-state index contributed by atoms with van der Waals surface area (Å²) >= 11 is 1.60. The van der Waals surface area contributed by atoms with Gasteiger partial charge in [0.25, 0.3) is 5.91 Å². The molecule has 45 heavy (non-hydrogen) atoms. The van der Waals surface area contributed by atoms with E-state index in [0.717, 1.165) is 40.1 Å². The molecule has 236 valence electrons. The lowest BCUT2D eigenvalue weighted by Crippen LogP contribution is -2.31. The second-order valence-corrected chi connectivity index (χ2v) is 13.6. The summed E-state index contributed by atoms with van der Waals surface area (Å²) in [6, 6.07) is 19.8. The molecule has 0 radical (unpaired) electrons. The van der Waals surface area contributed by atoms with E-state index in [-0.39, 0.29) is 11.3 Å². The molecule has 1 aliphatic heterocycles. The highest BCUT2D eigenvalue weighted by Crippen LogP contribution is 2.40. The second kappa shape index (κ2) is 13.4. The molecule has 4 aromatic rings. The quantitative estimate of drug-likeness (QED) is 0.172. The van der Waals surface area contributed by atoms with Gasteiger partial charge in [-0.2, -0.15) is 4.98 Å². The van der Waals surface area contributed by atoms with Crippen LogP contribution in [-0.2, 0) is 16.8 Å². The summed E-state index contributed by atoms with van der Waals surface area (Å²) in [6.45, 7) is 15.1. The molecule has 5 rings (SSSR count). The number of allylic oxidation sites excluding steroid dienone is 1. The number of rotatable bonds is 10. The Balaban J connectivity index is 1.48. The highest BCUT2D eigenvalue weighted by molar-refractivity contribution is 7.99. The highest BCUT2D eigenvalue weighted by atomic mass is 32.2. The molecule has 1 atom stereocenters. The Hall–Kier alpha value is -4.24. The number of aryl methyl sites for hydroxylation is 2. The van der Waals surface area contributed by atoms with Crippen LogP contribution in [0.1, 0.15) is 74.9 Å². The number of hydrogen-bond donors (Lipinski definition) is 2. The predicted octanol–water partition coefficient (Wildman–Crippen LogP) is 8.21. The standard InChI is InChI=1S/C36H43N5O3S/c1-9-18-45-35-39-34-37-24(4)31(33(42)38-28-16-10-22(2)19-23(28)3)32(41(34)40-35)26-13-17-29(30(20-26)43-8)44-21-25-11-14-27(15-12-25)36(5,6)7/h10-17,19-20,32H,9,18,21H2,1-8H3,(H,38,42)(H,37,39,40). The van der Waals surface area contributed by atoms with Crippen LogP contribution >= 0.6 is 11.8 Å². The number of carbonyl (C=O) groups is 1. The Kier molecular flexibility index (Phi) is 9.58. The summed E-state index contributed by atoms with van der Waals surface area (Å²) in [5.41, 5.74) is 7.44. The molecule has 0 spiro atoms. The van der Waals surface area contributed by atoms with Crippen molar-refractivity contribution in [1.82, 2.24) is 14.8 Å². The SMILES string of the molecule is CCCSc1nc2n(n1)C(c1ccc(OCc3ccc(C(C)(C)C)cc3)c(OC)c1)C(C(=O)Nc1ccc(C)cc1C)=C(C)N2. The molecule has 8 nitrogen and oxygen atoms in total. The Bertz CT molecular complexity index is 1720. The van der Waals surface area contributed by atoms with Crippen LogP contribution in [0.5, 0.6) is 11.5 Å². The van der Waals surface area contributed by atoms with Crippen LogP contribution in [0.25, 0.3) is 0 Å². The first kappa shape index (κ1) is 32.2. The van der Waals surface area contributed by atoms with E-state index in [9.17, 15) is 4.79 Å². The fraction of sp³-hybridized carbons (Fsp3) is 0.361. The number of fused-ring (bicyclic) bond motifs is 1. The number of aromatic nitrogens is 3. The molecule has 1 amide bonds. The van der Waals surface area contributed by atoms with Gasteiger partial charge in [0.15, 0.2) is 11.5 Å². The minimum absolute atomic E-state index is 0.0913. The van der Waals surface area contributed by atoms with E-state index < -0.39 is 6.04 Å². The molecule has 1 aliphatic rings. The lowest BCUT2D eigenvalue weighted by molar-refractivity contribution is -0.113. The van der Waals surface area contributed by atoms with E-state index in [1.807, 2.05) is 51.1 Å². The molecule has 1 unspecified atom stereocenters. The van der Waals surface area contributed by atoms with Crippen LogP contribution in [0.2, 0.25) is 0 Å². The summed E-state index contributed by atoms with van der Waals surface area (Å²) in [7, 11) is 1.63. The van der Waals surface area contributed by atoms with Crippen LogP contribution in [-0.4, -0.2) is 33.5 Å². The van der Waals surface area contributed by atoms with Crippen molar-refractivity contribution in [1.29, 1.82) is 0 Å². The summed E-state index contributed by atoms with van der Waals surface area (Å²) in [6.07, 6.45) is 1.01. The van der Waals surface area contributed by atoms with Crippen molar-refractivity contribution in [3.05, 3.63) is 99.8 Å². The third kappa shape index (κ3) is 7.20. The van der Waals surface area contributed by atoms with Gasteiger partial charge in [-0.25, -0.2) is 4.68 Å². The van der Waals surface area contributed by atoms with Crippen molar-refractivity contribution < 1.29 is 14.3 Å². The van der Waals surface area contributed by atoms with E-state index in [0.29, 0.717) is 40.5 Å². The molecular formula is C36H43N5O3S. The third-order valence-corrected chi connectivity index (χ3v) is 8.90. The molecule has 0 fully saturated rings. The number of ether oxygens (including phenoxy) is 2. The maximum atomic E-state index is 14.0. The fourth-order valence-corrected chi connectivity index (χ4v) is 6.05. The summed E-state index contributed by atoms with van der Waals surface area (Å²) in [4.78, 5) is 18.8. The minimum atomic E-state index is -0.539. The smallest absolute Gasteiger partial charge is 0.255 e. The fourth-order valence-electron chi connectivity index (χ4n) is 5.37. The Morgan fingerprint density at radius 1 is 1.02 bits per heavy atom. The van der Waals surface area contributed by atoms with Gasteiger partial charge in [0.05, 0.1) is 12.7 Å². The van der Waals surface area contributed by atoms with Crippen LogP contribution in [0.3, 0.4) is 0 Å². The van der Waals surface area contributed by atoms with Crippen molar-refractivity contribution in [2.45, 2.75) is 78.1 Å². The Morgan fingerprint density at radius 3 is 2.44 bits per heavy atom. The molecule has 2 N–H and O–H groups in total. The number of benzene rings is 3. The van der Waals surface area contributed by atoms with Crippen LogP contribution in [0.15, 0.2) is 77.1 Å². The van der Waals surface area contributed by atoms with Gasteiger partial charge in [-0.3, -0.25) is 4.79 Å². The molecular weight excluding hydrogens is 582 g/mol. The van der Waals surface area contributed by atoms with Crippen molar-refractivity contribution in [3.8, 4) is 11.5 Å². The zero-order valence-electron chi connectivity index (χ0n) is 27.4. The van der Waals surface area contributed by atoms with Gasteiger partial charge >= 0.3 is 0 Å². The second-order valence-electron chi connectivity index (χ2n) is 12.5. The van der Waals surface area contributed by atoms with Crippen molar-refractivity contribution in [2.75, 3.05) is 23.5 Å². The molecule has 1 aromatic heterocycles. The average Bonchev–Trinajstić information content (AvgIpc) is 3.41. The Morgan fingerprint density at radius 2 is 1.78 bits per heavy atom. The topological polar surface area (TPSA) is 90.3 Å². The number of amides is 1. The number of methoxy groups -OCH3 is 1. The largest absolute Gasteiger partial charge is 0.493 e. The summed E-state index contributed by atoms with van der Waals surface area (Å²) < 4.78 is 13.8. The molecule has 0 bridgehead atoms. The zero-order valence-corrected chi connectivity index (χ0v) is 28.3. The van der Waals surface area contributed by atoms with Crippen molar-refractivity contribution in [2.24, 2.45) is 0 Å². The average molecular weight is 626 g/mol. The lowest BCUT2D eigenvalue weighted by Gasteiger charge is -2.29. The van der Waals surface area contributed by atoms with E-state index in [1.54, 1.807) is 23.6 Å². The van der Waals surface area contributed by atoms with E-state index in [1.165, 1.54) is 5.56 Å². The van der Waals surface area contributed by atoms with Gasteiger partial charge in [0, 0.05) is 17.1 Å². The molecule has 2 heterocycles. The number of nitrogens with one attached hydrogen (secondary N) is 2. The molecule has 0 aliphatic carbocycles. The molecule has 0 saturated heterocycles. The summed E-state index contributed by atoms with van der Waals surface area (Å²) in [5, 5.41) is 12.0. The van der Waals surface area contributed by atoms with Gasteiger partial charge in [0.2, 0.25) is 11.1 Å². The summed E-state index contributed by atoms with van der Waals surface area (Å²) in [5.74, 6) is 2.48. The molecule has 3 aromatic carbocycles. The van der Waals surface area contributed by atoms with Crippen LogP contribution < -0.4 is 20.1 Å². The molecule has 9 heteroatoms. The molecule has 0 saturated carbocycles.